The Balaban J connectivity index is 2.54. The second-order valence-corrected chi connectivity index (χ2v) is 3.65. The van der Waals surface area contributed by atoms with Crippen LogP contribution >= 0.6 is 0 Å². The zero-order valence-electron chi connectivity index (χ0n) is 6.31. The molecule has 0 heterocycles. The van der Waals surface area contributed by atoms with Gasteiger partial charge in [0, 0.05) is 0 Å². The number of nitriles is 1. The fourth-order valence-electron chi connectivity index (χ4n) is 1.41. The fourth-order valence-corrected chi connectivity index (χ4v) is 1.41. The molecule has 0 bridgehead atoms. The van der Waals surface area contributed by atoms with Gasteiger partial charge in [0.1, 0.15) is 0 Å². The van der Waals surface area contributed by atoms with Crippen LogP contribution in [0.1, 0.15) is 27.2 Å². The molecule has 0 N–H and O–H groups in total. The minimum absolute atomic E-state index is 0.0700. The van der Waals surface area contributed by atoms with Gasteiger partial charge in [0.2, 0.25) is 0 Å². The summed E-state index contributed by atoms with van der Waals surface area (Å²) in [7, 11) is 0. The molecule has 1 rings (SSSR count). The molecule has 0 amide bonds. The molecule has 0 spiro atoms. The van der Waals surface area contributed by atoms with Crippen molar-refractivity contribution < 1.29 is 0 Å². The molecule has 0 radical (unpaired) electrons. The lowest BCUT2D eigenvalue weighted by Crippen LogP contribution is -2.11. The second-order valence-electron chi connectivity index (χ2n) is 3.65. The van der Waals surface area contributed by atoms with Gasteiger partial charge in [-0.2, -0.15) is 5.26 Å². The molecule has 0 aromatic carbocycles. The van der Waals surface area contributed by atoms with Crippen molar-refractivity contribution in [3.63, 3.8) is 0 Å². The van der Waals surface area contributed by atoms with Crippen molar-refractivity contribution in [3.8, 4) is 6.07 Å². The van der Waals surface area contributed by atoms with Gasteiger partial charge in [-0.05, 0) is 32.1 Å². The topological polar surface area (TPSA) is 23.8 Å². The van der Waals surface area contributed by atoms with Crippen LogP contribution in [0.3, 0.4) is 0 Å². The highest BCUT2D eigenvalue weighted by Crippen LogP contribution is 2.49. The number of rotatable bonds is 1. The average Bonchev–Trinajstić information content (AvgIpc) is 2.47. The van der Waals surface area contributed by atoms with Gasteiger partial charge >= 0.3 is 0 Å². The second kappa shape index (κ2) is 1.73. The van der Waals surface area contributed by atoms with E-state index in [0.29, 0.717) is 5.92 Å². The van der Waals surface area contributed by atoms with Gasteiger partial charge in [0.25, 0.3) is 0 Å². The van der Waals surface area contributed by atoms with Gasteiger partial charge in [-0.15, -0.1) is 0 Å². The molecule has 2 atom stereocenters. The number of hydrogen-bond donors (Lipinski definition) is 0. The van der Waals surface area contributed by atoms with Gasteiger partial charge in [-0.1, -0.05) is 6.92 Å². The standard InChI is InChI=1S/C8H13N/c1-6-4-7(6)8(2,3)5-9/h6-7H,4H2,1-3H3. The maximum atomic E-state index is 8.67. The zero-order chi connectivity index (χ0) is 7.07. The molecule has 1 fully saturated rings. The molecule has 9 heavy (non-hydrogen) atoms. The maximum absolute atomic E-state index is 8.67. The maximum Gasteiger partial charge on any atom is 0.0686 e. The van der Waals surface area contributed by atoms with Crippen molar-refractivity contribution in [1.29, 1.82) is 5.26 Å². The molecular formula is C8H13N. The molecule has 1 heteroatoms. The van der Waals surface area contributed by atoms with Crippen LogP contribution in [0.2, 0.25) is 0 Å². The van der Waals surface area contributed by atoms with Gasteiger partial charge < -0.3 is 0 Å². The largest absolute Gasteiger partial charge is 0.198 e. The Morgan fingerprint density at radius 1 is 1.56 bits per heavy atom. The van der Waals surface area contributed by atoms with Crippen molar-refractivity contribution in [2.24, 2.45) is 17.3 Å². The van der Waals surface area contributed by atoms with E-state index in [1.807, 2.05) is 13.8 Å². The Morgan fingerprint density at radius 3 is 2.11 bits per heavy atom. The third kappa shape index (κ3) is 1.08. The van der Waals surface area contributed by atoms with E-state index in [1.54, 1.807) is 0 Å². The summed E-state index contributed by atoms with van der Waals surface area (Å²) in [5.74, 6) is 1.46. The predicted molar refractivity (Wildman–Crippen MR) is 36.7 cm³/mol. The van der Waals surface area contributed by atoms with Crippen LogP contribution in [0.4, 0.5) is 0 Å². The highest BCUT2D eigenvalue weighted by molar-refractivity contribution is 5.05. The zero-order valence-corrected chi connectivity index (χ0v) is 6.31. The van der Waals surface area contributed by atoms with E-state index in [9.17, 15) is 0 Å². The van der Waals surface area contributed by atoms with Crippen molar-refractivity contribution in [3.05, 3.63) is 0 Å². The van der Waals surface area contributed by atoms with Crippen molar-refractivity contribution in [1.82, 2.24) is 0 Å². The lowest BCUT2D eigenvalue weighted by molar-refractivity contribution is 0.404. The summed E-state index contributed by atoms with van der Waals surface area (Å²) in [4.78, 5) is 0. The molecule has 1 saturated carbocycles. The first-order valence-electron chi connectivity index (χ1n) is 3.49. The Labute approximate surface area is 56.7 Å². The molecule has 0 aromatic heterocycles. The highest BCUT2D eigenvalue weighted by atomic mass is 14.5. The third-order valence-electron chi connectivity index (χ3n) is 2.32. The Bertz CT molecular complexity index is 152. The van der Waals surface area contributed by atoms with Crippen LogP contribution in [-0.2, 0) is 0 Å². The Kier molecular flexibility index (Phi) is 1.27. The Morgan fingerprint density at radius 2 is 2.00 bits per heavy atom. The van der Waals surface area contributed by atoms with Gasteiger partial charge in [0.15, 0.2) is 0 Å². The van der Waals surface area contributed by atoms with E-state index in [2.05, 4.69) is 13.0 Å². The van der Waals surface area contributed by atoms with Crippen LogP contribution in [0.5, 0.6) is 0 Å². The van der Waals surface area contributed by atoms with Gasteiger partial charge in [0.05, 0.1) is 11.5 Å². The van der Waals surface area contributed by atoms with Gasteiger partial charge in [-0.25, -0.2) is 0 Å². The first kappa shape index (κ1) is 6.61. The summed E-state index contributed by atoms with van der Waals surface area (Å²) in [6.45, 7) is 6.27. The predicted octanol–water partition coefficient (Wildman–Crippen LogP) is 2.19. The molecule has 2 unspecified atom stereocenters. The third-order valence-corrected chi connectivity index (χ3v) is 2.32. The summed E-state index contributed by atoms with van der Waals surface area (Å²) < 4.78 is 0. The van der Waals surface area contributed by atoms with E-state index in [1.165, 1.54) is 6.42 Å². The number of nitrogens with zero attached hydrogens (tertiary/aromatic N) is 1. The lowest BCUT2D eigenvalue weighted by atomic mass is 9.88. The fraction of sp³-hybridized carbons (Fsp3) is 0.875. The van der Waals surface area contributed by atoms with Crippen LogP contribution in [0, 0.1) is 28.6 Å². The smallest absolute Gasteiger partial charge is 0.0686 e. The monoisotopic (exact) mass is 123 g/mol. The SMILES string of the molecule is CC1CC1C(C)(C)C#N. The normalized spacial score (nSPS) is 33.6. The molecule has 0 aliphatic heterocycles. The molecule has 1 aliphatic rings. The first-order chi connectivity index (χ1) is 4.08. The minimum atomic E-state index is -0.0700. The summed E-state index contributed by atoms with van der Waals surface area (Å²) in [5.41, 5.74) is -0.0700. The minimum Gasteiger partial charge on any atom is -0.198 e. The van der Waals surface area contributed by atoms with Crippen molar-refractivity contribution >= 4 is 0 Å². The van der Waals surface area contributed by atoms with Crippen LogP contribution in [0.25, 0.3) is 0 Å². The van der Waals surface area contributed by atoms with E-state index in [4.69, 9.17) is 5.26 Å². The first-order valence-corrected chi connectivity index (χ1v) is 3.49. The summed E-state index contributed by atoms with van der Waals surface area (Å²) in [6, 6.07) is 2.33. The quantitative estimate of drug-likeness (QED) is 0.524. The van der Waals surface area contributed by atoms with E-state index >= 15 is 0 Å². The molecule has 50 valence electrons. The van der Waals surface area contributed by atoms with Crippen molar-refractivity contribution in [2.75, 3.05) is 0 Å². The molecule has 0 saturated heterocycles. The Hall–Kier alpha value is -0.510. The number of hydrogen-bond acceptors (Lipinski definition) is 1. The van der Waals surface area contributed by atoms with Crippen LogP contribution < -0.4 is 0 Å². The highest BCUT2D eigenvalue weighted by Gasteiger charge is 2.44. The average molecular weight is 123 g/mol. The summed E-state index contributed by atoms with van der Waals surface area (Å²) in [5, 5.41) is 8.67. The molecular weight excluding hydrogens is 110 g/mol. The lowest BCUT2D eigenvalue weighted by Gasteiger charge is -2.12. The molecule has 1 aliphatic carbocycles. The van der Waals surface area contributed by atoms with E-state index in [0.717, 1.165) is 5.92 Å². The summed E-state index contributed by atoms with van der Waals surface area (Å²) >= 11 is 0. The molecule has 1 nitrogen and oxygen atoms in total. The summed E-state index contributed by atoms with van der Waals surface area (Å²) in [6.07, 6.45) is 1.25. The van der Waals surface area contributed by atoms with Crippen molar-refractivity contribution in [2.45, 2.75) is 27.2 Å². The van der Waals surface area contributed by atoms with E-state index in [-0.39, 0.29) is 5.41 Å². The van der Waals surface area contributed by atoms with Crippen LogP contribution in [-0.4, -0.2) is 0 Å². The van der Waals surface area contributed by atoms with Crippen LogP contribution in [0.15, 0.2) is 0 Å². The molecule has 0 aromatic rings. The van der Waals surface area contributed by atoms with Gasteiger partial charge in [-0.3, -0.25) is 0 Å². The van der Waals surface area contributed by atoms with E-state index < -0.39 is 0 Å².